The van der Waals surface area contributed by atoms with Gasteiger partial charge in [-0.25, -0.2) is 0 Å². The molecule has 1 heterocycles. The Morgan fingerprint density at radius 2 is 2.19 bits per heavy atom. The van der Waals surface area contributed by atoms with Crippen molar-refractivity contribution in [2.75, 3.05) is 11.9 Å². The molecule has 5 heteroatoms. The monoisotopic (exact) mass is 307 g/mol. The number of rotatable bonds is 7. The average Bonchev–Trinajstić information content (AvgIpc) is 2.55. The molecule has 3 nitrogen and oxygen atoms in total. The number of nitrogens with one attached hydrogen (secondary N) is 1. The Labute approximate surface area is 111 Å². The van der Waals surface area contributed by atoms with Gasteiger partial charge in [-0.15, -0.1) is 0 Å². The molecule has 0 aromatic carbocycles. The molecule has 0 aliphatic carbocycles. The third kappa shape index (κ3) is 3.75. The molecule has 0 unspecified atom stereocenters. The zero-order valence-electron chi connectivity index (χ0n) is 9.89. The van der Waals surface area contributed by atoms with Crippen molar-refractivity contribution in [1.82, 2.24) is 15.1 Å². The van der Waals surface area contributed by atoms with Crippen molar-refractivity contribution in [3.8, 4) is 0 Å². The lowest BCUT2D eigenvalue weighted by atomic mass is 10.3. The maximum Gasteiger partial charge on any atom is 0.0863 e. The predicted molar refractivity (Wildman–Crippen MR) is 72.3 cm³/mol. The summed E-state index contributed by atoms with van der Waals surface area (Å²) in [4.78, 5) is 0. The Kier molecular flexibility index (Phi) is 6.39. The van der Waals surface area contributed by atoms with E-state index in [0.29, 0.717) is 0 Å². The molecular formula is C11H19BrClN3. The van der Waals surface area contributed by atoms with Crippen molar-refractivity contribution in [2.45, 2.75) is 32.7 Å². The van der Waals surface area contributed by atoms with Gasteiger partial charge in [-0.1, -0.05) is 34.5 Å². The highest BCUT2D eigenvalue weighted by Crippen LogP contribution is 2.20. The van der Waals surface area contributed by atoms with E-state index in [0.717, 1.165) is 41.3 Å². The lowest BCUT2D eigenvalue weighted by molar-refractivity contribution is 0.603. The van der Waals surface area contributed by atoms with Crippen LogP contribution in [-0.2, 0) is 20.0 Å². The summed E-state index contributed by atoms with van der Waals surface area (Å²) in [6.07, 6.45) is 3.27. The number of aromatic nitrogens is 2. The van der Waals surface area contributed by atoms with Crippen molar-refractivity contribution in [3.63, 3.8) is 0 Å². The summed E-state index contributed by atoms with van der Waals surface area (Å²) in [5.74, 6) is 0. The van der Waals surface area contributed by atoms with Crippen molar-refractivity contribution in [2.24, 2.45) is 7.05 Å². The number of alkyl halides is 1. The second kappa shape index (κ2) is 7.30. The Morgan fingerprint density at radius 3 is 2.75 bits per heavy atom. The van der Waals surface area contributed by atoms with Gasteiger partial charge in [0, 0.05) is 18.9 Å². The molecule has 0 aliphatic rings. The number of aryl methyl sites for hydroxylation is 2. The molecule has 0 amide bonds. The van der Waals surface area contributed by atoms with Crippen LogP contribution < -0.4 is 5.32 Å². The summed E-state index contributed by atoms with van der Waals surface area (Å²) in [5, 5.41) is 9.66. The molecule has 0 spiro atoms. The van der Waals surface area contributed by atoms with Gasteiger partial charge < -0.3 is 5.32 Å². The Balaban J connectivity index is 2.44. The van der Waals surface area contributed by atoms with Crippen LogP contribution >= 0.6 is 27.5 Å². The van der Waals surface area contributed by atoms with E-state index in [1.54, 1.807) is 0 Å². The van der Waals surface area contributed by atoms with Crippen LogP contribution in [0.5, 0.6) is 0 Å². The summed E-state index contributed by atoms with van der Waals surface area (Å²) in [5.41, 5.74) is 2.07. The molecule has 0 fully saturated rings. The Bertz CT molecular complexity index is 325. The first-order valence-electron chi connectivity index (χ1n) is 5.67. The maximum absolute atomic E-state index is 6.24. The van der Waals surface area contributed by atoms with Crippen molar-refractivity contribution >= 4 is 27.5 Å². The van der Waals surface area contributed by atoms with Crippen molar-refractivity contribution < 1.29 is 0 Å². The quantitative estimate of drug-likeness (QED) is 0.620. The third-order valence-electron chi connectivity index (χ3n) is 2.53. The molecule has 0 atom stereocenters. The second-order valence-corrected chi connectivity index (χ2v) is 4.93. The largest absolute Gasteiger partial charge is 0.311 e. The number of nitrogens with zero attached hydrogens (tertiary/aromatic N) is 2. The highest BCUT2D eigenvalue weighted by atomic mass is 79.9. The Morgan fingerprint density at radius 1 is 1.44 bits per heavy atom. The molecule has 0 saturated carbocycles. The van der Waals surface area contributed by atoms with E-state index in [1.807, 2.05) is 11.7 Å². The summed E-state index contributed by atoms with van der Waals surface area (Å²) >= 11 is 9.66. The molecule has 0 aliphatic heterocycles. The molecule has 1 aromatic heterocycles. The molecule has 0 bridgehead atoms. The van der Waals surface area contributed by atoms with Gasteiger partial charge in [0.15, 0.2) is 0 Å². The molecule has 1 rings (SSSR count). The minimum Gasteiger partial charge on any atom is -0.311 e. The van der Waals surface area contributed by atoms with E-state index < -0.39 is 0 Å². The zero-order chi connectivity index (χ0) is 12.0. The normalized spacial score (nSPS) is 11.0. The fourth-order valence-electron chi connectivity index (χ4n) is 1.56. The summed E-state index contributed by atoms with van der Waals surface area (Å²) < 4.78 is 1.87. The van der Waals surface area contributed by atoms with E-state index in [9.17, 15) is 0 Å². The Hall–Kier alpha value is -0.0600. The standard InChI is InChI=1S/C11H19BrClN3/c1-3-9-11(13)10(16(2)15-9)8-14-7-5-4-6-12/h14H,3-8H2,1-2H3. The molecular weight excluding hydrogens is 289 g/mol. The van der Waals surface area contributed by atoms with E-state index >= 15 is 0 Å². The lowest BCUT2D eigenvalue weighted by Crippen LogP contribution is -2.17. The van der Waals surface area contributed by atoms with E-state index in [2.05, 4.69) is 33.3 Å². The van der Waals surface area contributed by atoms with Crippen LogP contribution in [0.1, 0.15) is 31.2 Å². The van der Waals surface area contributed by atoms with Gasteiger partial charge in [0.05, 0.1) is 16.4 Å². The molecule has 92 valence electrons. The van der Waals surface area contributed by atoms with Crippen LogP contribution in [0.15, 0.2) is 0 Å². The predicted octanol–water partition coefficient (Wildman–Crippen LogP) is 2.90. The van der Waals surface area contributed by atoms with Crippen molar-refractivity contribution in [3.05, 3.63) is 16.4 Å². The first-order valence-corrected chi connectivity index (χ1v) is 7.17. The van der Waals surface area contributed by atoms with E-state index in [-0.39, 0.29) is 0 Å². The van der Waals surface area contributed by atoms with Gasteiger partial charge >= 0.3 is 0 Å². The molecule has 1 aromatic rings. The van der Waals surface area contributed by atoms with Gasteiger partial charge in [-0.05, 0) is 25.8 Å². The maximum atomic E-state index is 6.24. The SMILES string of the molecule is CCc1nn(C)c(CNCCCCBr)c1Cl. The smallest absolute Gasteiger partial charge is 0.0863 e. The third-order valence-corrected chi connectivity index (χ3v) is 3.53. The highest BCUT2D eigenvalue weighted by molar-refractivity contribution is 9.09. The summed E-state index contributed by atoms with van der Waals surface area (Å²) in [6.45, 7) is 3.89. The van der Waals surface area contributed by atoms with Gasteiger partial charge in [0.25, 0.3) is 0 Å². The van der Waals surface area contributed by atoms with Crippen LogP contribution in [0.3, 0.4) is 0 Å². The summed E-state index contributed by atoms with van der Waals surface area (Å²) in [6, 6.07) is 0. The summed E-state index contributed by atoms with van der Waals surface area (Å²) in [7, 11) is 1.94. The fourth-order valence-corrected chi connectivity index (χ4v) is 2.32. The topological polar surface area (TPSA) is 29.9 Å². The van der Waals surface area contributed by atoms with Gasteiger partial charge in [-0.2, -0.15) is 5.10 Å². The first-order chi connectivity index (χ1) is 7.70. The van der Waals surface area contributed by atoms with Gasteiger partial charge in [0.1, 0.15) is 0 Å². The molecule has 16 heavy (non-hydrogen) atoms. The number of halogens is 2. The van der Waals surface area contributed by atoms with Gasteiger partial charge in [-0.3, -0.25) is 4.68 Å². The minimum atomic E-state index is 0.796. The minimum absolute atomic E-state index is 0.796. The zero-order valence-corrected chi connectivity index (χ0v) is 12.2. The molecule has 0 radical (unpaired) electrons. The highest BCUT2D eigenvalue weighted by Gasteiger charge is 2.11. The molecule has 1 N–H and O–H groups in total. The number of unbranched alkanes of at least 4 members (excludes halogenated alkanes) is 1. The number of hydrogen-bond donors (Lipinski definition) is 1. The van der Waals surface area contributed by atoms with Crippen LogP contribution in [-0.4, -0.2) is 21.7 Å². The fraction of sp³-hybridized carbons (Fsp3) is 0.727. The number of hydrogen-bond acceptors (Lipinski definition) is 2. The van der Waals surface area contributed by atoms with Gasteiger partial charge in [0.2, 0.25) is 0 Å². The van der Waals surface area contributed by atoms with Crippen LogP contribution in [0.25, 0.3) is 0 Å². The van der Waals surface area contributed by atoms with Crippen molar-refractivity contribution in [1.29, 1.82) is 0 Å². The lowest BCUT2D eigenvalue weighted by Gasteiger charge is -2.05. The van der Waals surface area contributed by atoms with Crippen LogP contribution in [0, 0.1) is 0 Å². The second-order valence-electron chi connectivity index (χ2n) is 3.76. The first kappa shape index (κ1) is 14.0. The van der Waals surface area contributed by atoms with Crippen LogP contribution in [0.2, 0.25) is 5.02 Å². The molecule has 0 saturated heterocycles. The van der Waals surface area contributed by atoms with E-state index in [1.165, 1.54) is 12.8 Å². The average molecular weight is 309 g/mol. The van der Waals surface area contributed by atoms with Crippen LogP contribution in [0.4, 0.5) is 0 Å². The van der Waals surface area contributed by atoms with E-state index in [4.69, 9.17) is 11.6 Å².